The predicted molar refractivity (Wildman–Crippen MR) is 62.1 cm³/mol. The van der Waals surface area contributed by atoms with E-state index in [-0.39, 0.29) is 0 Å². The first-order valence-electron chi connectivity index (χ1n) is 4.45. The Hall–Kier alpha value is -1.15. The number of hydrogen-bond acceptors (Lipinski definition) is 1. The molecule has 0 fully saturated rings. The summed E-state index contributed by atoms with van der Waals surface area (Å²) >= 11 is 3.52. The summed E-state index contributed by atoms with van der Waals surface area (Å²) in [4.78, 5) is 4.30. The maximum atomic E-state index is 4.30. The van der Waals surface area contributed by atoms with E-state index < -0.39 is 0 Å². The molecule has 0 saturated carbocycles. The van der Waals surface area contributed by atoms with Gasteiger partial charge in [0.15, 0.2) is 0 Å². The van der Waals surface area contributed by atoms with Gasteiger partial charge in [-0.2, -0.15) is 0 Å². The van der Waals surface area contributed by atoms with E-state index in [1.807, 2.05) is 24.4 Å². The van der Waals surface area contributed by atoms with Crippen molar-refractivity contribution in [2.24, 2.45) is 0 Å². The molecule has 0 radical (unpaired) electrons. The van der Waals surface area contributed by atoms with Gasteiger partial charge in [0.2, 0.25) is 0 Å². The van der Waals surface area contributed by atoms with Crippen molar-refractivity contribution < 1.29 is 0 Å². The molecule has 0 spiro atoms. The fraction of sp³-hybridized carbons (Fsp3) is 0.0833. The summed E-state index contributed by atoms with van der Waals surface area (Å²) in [6, 6.07) is 12.2. The Bertz CT molecular complexity index is 437. The molecule has 2 rings (SSSR count). The van der Waals surface area contributed by atoms with Crippen molar-refractivity contribution in [2.45, 2.75) is 6.92 Å². The largest absolute Gasteiger partial charge is 0.256 e. The Morgan fingerprint density at radius 3 is 2.64 bits per heavy atom. The standard InChI is InChI=1S/C12H10BrN/c1-9-5-6-10(8-11(9)13)12-4-2-3-7-14-12/h2-8H,1H3. The van der Waals surface area contributed by atoms with Crippen molar-refractivity contribution in [3.05, 3.63) is 52.6 Å². The van der Waals surface area contributed by atoms with Crippen LogP contribution >= 0.6 is 15.9 Å². The first-order chi connectivity index (χ1) is 6.77. The molecule has 2 heteroatoms. The Morgan fingerprint density at radius 1 is 1.14 bits per heavy atom. The minimum atomic E-state index is 1.01. The van der Waals surface area contributed by atoms with Crippen LogP contribution in [0.4, 0.5) is 0 Å². The van der Waals surface area contributed by atoms with E-state index >= 15 is 0 Å². The molecule has 1 aromatic carbocycles. The number of aryl methyl sites for hydroxylation is 1. The first kappa shape index (κ1) is 9.41. The number of pyridine rings is 1. The highest BCUT2D eigenvalue weighted by Gasteiger charge is 2.00. The Labute approximate surface area is 91.9 Å². The summed E-state index contributed by atoms with van der Waals surface area (Å²) in [6.07, 6.45) is 1.81. The van der Waals surface area contributed by atoms with E-state index in [0.717, 1.165) is 15.7 Å². The smallest absolute Gasteiger partial charge is 0.0702 e. The van der Waals surface area contributed by atoms with Gasteiger partial charge in [-0.1, -0.05) is 34.1 Å². The lowest BCUT2D eigenvalue weighted by Crippen LogP contribution is -1.83. The zero-order valence-corrected chi connectivity index (χ0v) is 9.45. The van der Waals surface area contributed by atoms with E-state index in [2.05, 4.69) is 46.0 Å². The highest BCUT2D eigenvalue weighted by Crippen LogP contribution is 2.23. The highest BCUT2D eigenvalue weighted by atomic mass is 79.9. The fourth-order valence-electron chi connectivity index (χ4n) is 1.29. The molecule has 0 amide bonds. The molecule has 70 valence electrons. The van der Waals surface area contributed by atoms with Crippen molar-refractivity contribution in [1.82, 2.24) is 4.98 Å². The Kier molecular flexibility index (Phi) is 2.64. The van der Waals surface area contributed by atoms with Crippen molar-refractivity contribution in [3.8, 4) is 11.3 Å². The molecule has 1 heterocycles. The van der Waals surface area contributed by atoms with Crippen LogP contribution in [0.1, 0.15) is 5.56 Å². The number of benzene rings is 1. The van der Waals surface area contributed by atoms with Gasteiger partial charge >= 0.3 is 0 Å². The number of rotatable bonds is 1. The molecule has 0 aliphatic heterocycles. The monoisotopic (exact) mass is 247 g/mol. The van der Waals surface area contributed by atoms with Gasteiger partial charge in [0.05, 0.1) is 5.69 Å². The van der Waals surface area contributed by atoms with Gasteiger partial charge in [-0.15, -0.1) is 0 Å². The summed E-state index contributed by atoms with van der Waals surface area (Å²) in [5.41, 5.74) is 3.39. The fourth-order valence-corrected chi connectivity index (χ4v) is 1.66. The average Bonchev–Trinajstić information content (AvgIpc) is 2.23. The second-order valence-electron chi connectivity index (χ2n) is 3.18. The Balaban J connectivity index is 2.48. The zero-order chi connectivity index (χ0) is 9.97. The highest BCUT2D eigenvalue weighted by molar-refractivity contribution is 9.10. The van der Waals surface area contributed by atoms with E-state index in [9.17, 15) is 0 Å². The maximum Gasteiger partial charge on any atom is 0.0702 e. The summed E-state index contributed by atoms with van der Waals surface area (Å²) in [5, 5.41) is 0. The number of halogens is 1. The lowest BCUT2D eigenvalue weighted by atomic mass is 10.1. The molecule has 14 heavy (non-hydrogen) atoms. The van der Waals surface area contributed by atoms with Crippen LogP contribution in [0.3, 0.4) is 0 Å². The van der Waals surface area contributed by atoms with Gasteiger partial charge in [-0.25, -0.2) is 0 Å². The molecule has 0 N–H and O–H groups in total. The summed E-state index contributed by atoms with van der Waals surface area (Å²) in [6.45, 7) is 2.08. The van der Waals surface area contributed by atoms with Crippen LogP contribution in [-0.4, -0.2) is 4.98 Å². The van der Waals surface area contributed by atoms with Gasteiger partial charge in [0, 0.05) is 16.2 Å². The van der Waals surface area contributed by atoms with Crippen molar-refractivity contribution in [2.75, 3.05) is 0 Å². The number of hydrogen-bond donors (Lipinski definition) is 0. The minimum Gasteiger partial charge on any atom is -0.256 e. The summed E-state index contributed by atoms with van der Waals surface area (Å²) < 4.78 is 1.13. The SMILES string of the molecule is Cc1ccc(-c2ccccn2)cc1Br. The first-order valence-corrected chi connectivity index (χ1v) is 5.24. The average molecular weight is 248 g/mol. The van der Waals surface area contributed by atoms with Crippen LogP contribution < -0.4 is 0 Å². The van der Waals surface area contributed by atoms with E-state index in [0.29, 0.717) is 0 Å². The summed E-state index contributed by atoms with van der Waals surface area (Å²) in [7, 11) is 0. The second kappa shape index (κ2) is 3.93. The van der Waals surface area contributed by atoms with Crippen LogP contribution in [0.2, 0.25) is 0 Å². The van der Waals surface area contributed by atoms with Gasteiger partial charge in [-0.05, 0) is 30.7 Å². The number of aromatic nitrogens is 1. The lowest BCUT2D eigenvalue weighted by Gasteiger charge is -2.02. The van der Waals surface area contributed by atoms with Gasteiger partial charge in [0.1, 0.15) is 0 Å². The molecule has 0 bridgehead atoms. The molecule has 0 unspecified atom stereocenters. The molecule has 0 saturated heterocycles. The minimum absolute atomic E-state index is 1.01. The normalized spacial score (nSPS) is 10.1. The van der Waals surface area contributed by atoms with E-state index in [1.54, 1.807) is 0 Å². The number of nitrogens with zero attached hydrogens (tertiary/aromatic N) is 1. The third kappa shape index (κ3) is 1.85. The molecule has 0 atom stereocenters. The van der Waals surface area contributed by atoms with Crippen LogP contribution in [0.15, 0.2) is 47.1 Å². The second-order valence-corrected chi connectivity index (χ2v) is 4.03. The van der Waals surface area contributed by atoms with Crippen molar-refractivity contribution in [3.63, 3.8) is 0 Å². The van der Waals surface area contributed by atoms with E-state index in [1.165, 1.54) is 5.56 Å². The lowest BCUT2D eigenvalue weighted by molar-refractivity contribution is 1.32. The third-order valence-corrected chi connectivity index (χ3v) is 2.99. The van der Waals surface area contributed by atoms with Gasteiger partial charge in [-0.3, -0.25) is 4.98 Å². The molecule has 1 nitrogen and oxygen atoms in total. The molecular formula is C12H10BrN. The summed E-state index contributed by atoms with van der Waals surface area (Å²) in [5.74, 6) is 0. The van der Waals surface area contributed by atoms with Crippen LogP contribution in [-0.2, 0) is 0 Å². The van der Waals surface area contributed by atoms with Crippen molar-refractivity contribution in [1.29, 1.82) is 0 Å². The van der Waals surface area contributed by atoms with Crippen LogP contribution in [0.5, 0.6) is 0 Å². The molecule has 0 aliphatic rings. The van der Waals surface area contributed by atoms with Crippen LogP contribution in [0, 0.1) is 6.92 Å². The quantitative estimate of drug-likeness (QED) is 0.747. The zero-order valence-electron chi connectivity index (χ0n) is 7.87. The van der Waals surface area contributed by atoms with Gasteiger partial charge < -0.3 is 0 Å². The van der Waals surface area contributed by atoms with Gasteiger partial charge in [0.25, 0.3) is 0 Å². The predicted octanol–water partition coefficient (Wildman–Crippen LogP) is 3.82. The van der Waals surface area contributed by atoms with Crippen LogP contribution in [0.25, 0.3) is 11.3 Å². The van der Waals surface area contributed by atoms with Crippen molar-refractivity contribution >= 4 is 15.9 Å². The topological polar surface area (TPSA) is 12.9 Å². The molecular weight excluding hydrogens is 238 g/mol. The molecule has 0 aliphatic carbocycles. The maximum absolute atomic E-state index is 4.30. The third-order valence-electron chi connectivity index (χ3n) is 2.13. The van der Waals surface area contributed by atoms with E-state index in [4.69, 9.17) is 0 Å². The Morgan fingerprint density at radius 2 is 2.00 bits per heavy atom. The molecule has 1 aromatic heterocycles. The molecule has 2 aromatic rings.